The lowest BCUT2D eigenvalue weighted by atomic mass is 9.73. The fourth-order valence-electron chi connectivity index (χ4n) is 1.54. The van der Waals surface area contributed by atoms with Gasteiger partial charge in [-0.15, -0.1) is 0 Å². The van der Waals surface area contributed by atoms with Crippen molar-refractivity contribution in [1.82, 2.24) is 0 Å². The third-order valence-electron chi connectivity index (χ3n) is 3.40. The van der Waals surface area contributed by atoms with E-state index in [9.17, 15) is 4.79 Å². The third-order valence-corrected chi connectivity index (χ3v) is 3.40. The highest BCUT2D eigenvalue weighted by molar-refractivity contribution is 6.52. The molecule has 1 rings (SSSR count). The Bertz CT molecular complexity index is 283. The molecule has 98 valence electrons. The van der Waals surface area contributed by atoms with E-state index < -0.39 is 24.1 Å². The zero-order chi connectivity index (χ0) is 13.4. The first-order chi connectivity index (χ1) is 7.57. The lowest BCUT2D eigenvalue weighted by Gasteiger charge is -2.32. The summed E-state index contributed by atoms with van der Waals surface area (Å²) in [5.41, 5.74) is -0.825. The number of rotatable bonds is 3. The molecule has 17 heavy (non-hydrogen) atoms. The topological polar surface area (TPSA) is 44.8 Å². The van der Waals surface area contributed by atoms with Crippen LogP contribution in [0, 0.1) is 0 Å². The molecule has 1 aliphatic heterocycles. The monoisotopic (exact) mass is 242 g/mol. The van der Waals surface area contributed by atoms with Gasteiger partial charge in [-0.25, -0.2) is 0 Å². The molecule has 1 atom stereocenters. The Morgan fingerprint density at radius 3 is 1.82 bits per heavy atom. The lowest BCUT2D eigenvalue weighted by molar-refractivity contribution is -0.147. The Morgan fingerprint density at radius 2 is 1.47 bits per heavy atom. The van der Waals surface area contributed by atoms with Crippen LogP contribution >= 0.6 is 0 Å². The maximum atomic E-state index is 11.8. The molecule has 0 radical (unpaired) electrons. The van der Waals surface area contributed by atoms with Crippen LogP contribution < -0.4 is 0 Å². The second-order valence-electron chi connectivity index (χ2n) is 5.90. The first-order valence-corrected chi connectivity index (χ1v) is 6.13. The Morgan fingerprint density at radius 1 is 1.06 bits per heavy atom. The molecule has 0 aliphatic carbocycles. The molecule has 0 N–H and O–H groups in total. The maximum absolute atomic E-state index is 11.8. The molecule has 0 spiro atoms. The summed E-state index contributed by atoms with van der Waals surface area (Å²) in [6, 6.07) is 0. The van der Waals surface area contributed by atoms with Crippen LogP contribution in [0.1, 0.15) is 48.5 Å². The van der Waals surface area contributed by atoms with E-state index in [4.69, 9.17) is 14.0 Å². The molecule has 0 bridgehead atoms. The van der Waals surface area contributed by atoms with Crippen LogP contribution in [-0.4, -0.2) is 30.4 Å². The molecular weight excluding hydrogens is 219 g/mol. The normalized spacial score (nSPS) is 23.9. The SMILES string of the molecule is CC(C)OC(=O)C(C)B1OC(C)(C)C(C)(C)O1. The fourth-order valence-corrected chi connectivity index (χ4v) is 1.54. The Hall–Kier alpha value is -0.545. The summed E-state index contributed by atoms with van der Waals surface area (Å²) in [5, 5.41) is 0. The molecule has 1 fully saturated rings. The number of hydrogen-bond acceptors (Lipinski definition) is 4. The van der Waals surface area contributed by atoms with Crippen LogP contribution in [0.3, 0.4) is 0 Å². The molecule has 1 saturated heterocycles. The van der Waals surface area contributed by atoms with Crippen LogP contribution in [-0.2, 0) is 18.8 Å². The minimum atomic E-state index is -0.536. The summed E-state index contributed by atoms with van der Waals surface area (Å²) >= 11 is 0. The van der Waals surface area contributed by atoms with Gasteiger partial charge in [0, 0.05) is 0 Å². The summed E-state index contributed by atoms with van der Waals surface area (Å²) in [6.07, 6.45) is -0.118. The van der Waals surface area contributed by atoms with E-state index in [1.807, 2.05) is 41.5 Å². The van der Waals surface area contributed by atoms with Crippen molar-refractivity contribution in [3.63, 3.8) is 0 Å². The number of carbonyl (C=O) groups is 1. The van der Waals surface area contributed by atoms with Crippen LogP contribution in [0.4, 0.5) is 0 Å². The van der Waals surface area contributed by atoms with Crippen molar-refractivity contribution >= 4 is 13.1 Å². The third kappa shape index (κ3) is 3.02. The van der Waals surface area contributed by atoms with E-state index in [0.717, 1.165) is 0 Å². The summed E-state index contributed by atoms with van der Waals surface area (Å²) in [6.45, 7) is 13.3. The smallest absolute Gasteiger partial charge is 0.463 e. The quantitative estimate of drug-likeness (QED) is 0.563. The van der Waals surface area contributed by atoms with Crippen LogP contribution in [0.15, 0.2) is 0 Å². The first-order valence-electron chi connectivity index (χ1n) is 6.13. The molecule has 0 saturated carbocycles. The van der Waals surface area contributed by atoms with Crippen LogP contribution in [0.2, 0.25) is 5.82 Å². The summed E-state index contributed by atoms with van der Waals surface area (Å²) in [4.78, 5) is 11.8. The number of hydrogen-bond donors (Lipinski definition) is 0. The molecule has 1 unspecified atom stereocenters. The van der Waals surface area contributed by atoms with Gasteiger partial charge in [0.05, 0.1) is 23.1 Å². The van der Waals surface area contributed by atoms with Gasteiger partial charge in [-0.2, -0.15) is 0 Å². The molecule has 4 nitrogen and oxygen atoms in total. The van der Waals surface area contributed by atoms with Crippen molar-refractivity contribution in [3.8, 4) is 0 Å². The van der Waals surface area contributed by atoms with E-state index in [1.165, 1.54) is 0 Å². The molecule has 0 amide bonds. The second kappa shape index (κ2) is 4.61. The van der Waals surface area contributed by atoms with Crippen molar-refractivity contribution < 1.29 is 18.8 Å². The Kier molecular flexibility index (Phi) is 3.94. The van der Waals surface area contributed by atoms with E-state index in [1.54, 1.807) is 6.92 Å². The van der Waals surface area contributed by atoms with Gasteiger partial charge in [0.2, 0.25) is 0 Å². The predicted octanol–water partition coefficient (Wildman–Crippen LogP) is 2.42. The number of esters is 1. The summed E-state index contributed by atoms with van der Waals surface area (Å²) in [5.74, 6) is -0.697. The van der Waals surface area contributed by atoms with Gasteiger partial charge in [-0.1, -0.05) is 6.92 Å². The number of ether oxygens (including phenoxy) is 1. The average Bonchev–Trinajstić information content (AvgIpc) is 2.33. The van der Waals surface area contributed by atoms with Crippen molar-refractivity contribution in [1.29, 1.82) is 0 Å². The van der Waals surface area contributed by atoms with Gasteiger partial charge in [0.1, 0.15) is 0 Å². The van der Waals surface area contributed by atoms with Crippen LogP contribution in [0.5, 0.6) is 0 Å². The lowest BCUT2D eigenvalue weighted by Crippen LogP contribution is -2.41. The van der Waals surface area contributed by atoms with Crippen molar-refractivity contribution in [2.45, 2.75) is 71.6 Å². The highest BCUT2D eigenvalue weighted by atomic mass is 16.7. The molecule has 0 aromatic rings. The molecular formula is C12H23BO4. The van der Waals surface area contributed by atoms with Gasteiger partial charge in [-0.3, -0.25) is 4.79 Å². The molecule has 0 aromatic carbocycles. The van der Waals surface area contributed by atoms with Gasteiger partial charge in [0.15, 0.2) is 0 Å². The first kappa shape index (κ1) is 14.5. The minimum Gasteiger partial charge on any atom is -0.463 e. The Balaban J connectivity index is 2.68. The second-order valence-corrected chi connectivity index (χ2v) is 5.90. The average molecular weight is 242 g/mol. The van der Waals surface area contributed by atoms with Crippen molar-refractivity contribution in [3.05, 3.63) is 0 Å². The van der Waals surface area contributed by atoms with Crippen molar-refractivity contribution in [2.24, 2.45) is 0 Å². The summed E-state index contributed by atoms with van der Waals surface area (Å²) in [7, 11) is -0.536. The van der Waals surface area contributed by atoms with Gasteiger partial charge in [-0.05, 0) is 41.5 Å². The van der Waals surface area contributed by atoms with E-state index in [0.29, 0.717) is 0 Å². The van der Waals surface area contributed by atoms with E-state index in [-0.39, 0.29) is 12.1 Å². The van der Waals surface area contributed by atoms with E-state index >= 15 is 0 Å². The van der Waals surface area contributed by atoms with Gasteiger partial charge >= 0.3 is 13.1 Å². The maximum Gasteiger partial charge on any atom is 0.472 e. The standard InChI is InChI=1S/C12H23BO4/c1-8(2)15-10(14)9(3)13-16-11(4,5)12(6,7)17-13/h8-9H,1-7H3. The summed E-state index contributed by atoms with van der Waals surface area (Å²) < 4.78 is 16.8. The molecule has 0 aromatic heterocycles. The zero-order valence-electron chi connectivity index (χ0n) is 11.9. The molecule has 5 heteroatoms. The number of carbonyl (C=O) groups excluding carboxylic acids is 1. The highest BCUT2D eigenvalue weighted by Gasteiger charge is 2.54. The van der Waals surface area contributed by atoms with Crippen LogP contribution in [0.25, 0.3) is 0 Å². The highest BCUT2D eigenvalue weighted by Crippen LogP contribution is 2.40. The van der Waals surface area contributed by atoms with Gasteiger partial charge < -0.3 is 14.0 Å². The molecule has 1 heterocycles. The largest absolute Gasteiger partial charge is 0.472 e. The molecule has 1 aliphatic rings. The zero-order valence-corrected chi connectivity index (χ0v) is 11.9. The van der Waals surface area contributed by atoms with Gasteiger partial charge in [0.25, 0.3) is 0 Å². The Labute approximate surface area is 104 Å². The van der Waals surface area contributed by atoms with E-state index in [2.05, 4.69) is 0 Å². The van der Waals surface area contributed by atoms with Crippen molar-refractivity contribution in [2.75, 3.05) is 0 Å². The fraction of sp³-hybridized carbons (Fsp3) is 0.917. The predicted molar refractivity (Wildman–Crippen MR) is 66.7 cm³/mol. The minimum absolute atomic E-state index is 0.118.